The number of hydrogen-bond acceptors (Lipinski definition) is 3. The smallest absolute Gasteiger partial charge is 0.224 e. The number of carbonyl (C=O) groups excluding carboxylic acids is 1. The number of methoxy groups -OCH3 is 1. The van der Waals surface area contributed by atoms with E-state index in [0.29, 0.717) is 12.1 Å². The Balaban J connectivity index is 1.85. The third-order valence-electron chi connectivity index (χ3n) is 4.66. The molecule has 0 aliphatic heterocycles. The quantitative estimate of drug-likeness (QED) is 0.417. The molecule has 6 heteroatoms. The highest BCUT2D eigenvalue weighted by Crippen LogP contribution is 2.31. The SMILES string of the molecule is CCn1c(C#Cc2ccc(NC(=O)CCCBr)cc2)c(N)c2ccc(OC)cc21. The van der Waals surface area contributed by atoms with Crippen LogP contribution in [0, 0.1) is 11.8 Å². The van der Waals surface area contributed by atoms with E-state index in [4.69, 9.17) is 10.5 Å². The molecule has 3 aromatic rings. The summed E-state index contributed by atoms with van der Waals surface area (Å²) < 4.78 is 7.43. The summed E-state index contributed by atoms with van der Waals surface area (Å²) in [6, 6.07) is 13.4. The predicted octanol–water partition coefficient (Wildman–Crippen LogP) is 4.77. The number of aromatic nitrogens is 1. The van der Waals surface area contributed by atoms with Crippen LogP contribution in [0.5, 0.6) is 5.75 Å². The van der Waals surface area contributed by atoms with E-state index in [2.05, 4.69) is 44.6 Å². The van der Waals surface area contributed by atoms with E-state index in [0.717, 1.165) is 51.9 Å². The molecule has 0 radical (unpaired) electrons. The molecule has 3 rings (SSSR count). The number of amides is 1. The normalized spacial score (nSPS) is 10.4. The summed E-state index contributed by atoms with van der Waals surface area (Å²) in [7, 11) is 1.65. The highest BCUT2D eigenvalue weighted by atomic mass is 79.9. The van der Waals surface area contributed by atoms with Crippen molar-refractivity contribution in [3.63, 3.8) is 0 Å². The minimum Gasteiger partial charge on any atom is -0.497 e. The highest BCUT2D eigenvalue weighted by molar-refractivity contribution is 9.09. The van der Waals surface area contributed by atoms with Crippen LogP contribution < -0.4 is 15.8 Å². The second kappa shape index (κ2) is 9.53. The first-order valence-electron chi connectivity index (χ1n) is 9.51. The molecule has 0 aliphatic rings. The van der Waals surface area contributed by atoms with Crippen molar-refractivity contribution in [3.05, 3.63) is 53.7 Å². The van der Waals surface area contributed by atoms with Crippen LogP contribution in [0.2, 0.25) is 0 Å². The third kappa shape index (κ3) is 4.75. The van der Waals surface area contributed by atoms with E-state index in [9.17, 15) is 4.79 Å². The number of halogens is 1. The maximum Gasteiger partial charge on any atom is 0.224 e. The Hall–Kier alpha value is -2.91. The first-order chi connectivity index (χ1) is 14.1. The third-order valence-corrected chi connectivity index (χ3v) is 5.22. The van der Waals surface area contributed by atoms with Crippen LogP contribution in [0.15, 0.2) is 42.5 Å². The van der Waals surface area contributed by atoms with E-state index in [1.54, 1.807) is 7.11 Å². The Labute approximate surface area is 179 Å². The number of fused-ring (bicyclic) bond motifs is 1. The van der Waals surface area contributed by atoms with Crippen LogP contribution in [-0.2, 0) is 11.3 Å². The van der Waals surface area contributed by atoms with Gasteiger partial charge in [0.1, 0.15) is 11.4 Å². The lowest BCUT2D eigenvalue weighted by Crippen LogP contribution is -2.11. The van der Waals surface area contributed by atoms with Gasteiger partial charge in [0.25, 0.3) is 0 Å². The molecular weight excluding hydrogens is 430 g/mol. The number of rotatable bonds is 6. The van der Waals surface area contributed by atoms with Gasteiger partial charge in [0, 0.05) is 41.0 Å². The van der Waals surface area contributed by atoms with Gasteiger partial charge < -0.3 is 20.4 Å². The first-order valence-corrected chi connectivity index (χ1v) is 10.6. The van der Waals surface area contributed by atoms with E-state index < -0.39 is 0 Å². The number of carbonyl (C=O) groups is 1. The molecule has 0 aliphatic carbocycles. The molecule has 0 saturated heterocycles. The first kappa shape index (κ1) is 20.8. The van der Waals surface area contributed by atoms with Crippen molar-refractivity contribution >= 4 is 44.1 Å². The van der Waals surface area contributed by atoms with Crippen LogP contribution in [0.1, 0.15) is 31.0 Å². The number of nitrogens with zero attached hydrogens (tertiary/aromatic N) is 1. The number of nitrogens with two attached hydrogens (primary N) is 1. The molecule has 5 nitrogen and oxygen atoms in total. The van der Waals surface area contributed by atoms with Gasteiger partial charge in [-0.05, 0) is 55.7 Å². The van der Waals surface area contributed by atoms with Gasteiger partial charge in [-0.3, -0.25) is 4.79 Å². The van der Waals surface area contributed by atoms with Crippen LogP contribution in [0.3, 0.4) is 0 Å². The molecule has 0 saturated carbocycles. The average Bonchev–Trinajstić information content (AvgIpc) is 3.02. The summed E-state index contributed by atoms with van der Waals surface area (Å²) in [5, 5.41) is 4.68. The van der Waals surface area contributed by atoms with Gasteiger partial charge in [-0.2, -0.15) is 0 Å². The minimum atomic E-state index is 0.0129. The molecule has 1 aromatic heterocycles. The number of hydrogen-bond donors (Lipinski definition) is 2. The number of alkyl halides is 1. The second-order valence-corrected chi connectivity index (χ2v) is 7.35. The zero-order valence-corrected chi connectivity index (χ0v) is 18.2. The number of benzene rings is 2. The molecule has 3 N–H and O–H groups in total. The maximum atomic E-state index is 11.8. The van der Waals surface area contributed by atoms with Gasteiger partial charge in [0.05, 0.1) is 18.3 Å². The number of nitrogens with one attached hydrogen (secondary N) is 1. The fraction of sp³-hybridized carbons (Fsp3) is 0.261. The monoisotopic (exact) mass is 453 g/mol. The van der Waals surface area contributed by atoms with Gasteiger partial charge >= 0.3 is 0 Å². The fourth-order valence-electron chi connectivity index (χ4n) is 3.17. The number of nitrogen functional groups attached to an aromatic ring is 1. The standard InChI is InChI=1S/C23H24BrN3O2/c1-3-27-20(23(25)19-12-11-18(29-2)15-21(19)27)13-8-16-6-9-17(10-7-16)26-22(28)5-4-14-24/h6-7,9-12,15H,3-5,14,25H2,1-2H3,(H,26,28). The number of anilines is 2. The second-order valence-electron chi connectivity index (χ2n) is 6.56. The van der Waals surface area contributed by atoms with E-state index >= 15 is 0 Å². The zero-order chi connectivity index (χ0) is 20.8. The van der Waals surface area contributed by atoms with Gasteiger partial charge in [-0.1, -0.05) is 21.9 Å². The zero-order valence-electron chi connectivity index (χ0n) is 16.6. The summed E-state index contributed by atoms with van der Waals surface area (Å²) in [6.45, 7) is 2.82. The van der Waals surface area contributed by atoms with Crippen molar-refractivity contribution in [2.45, 2.75) is 26.3 Å². The Morgan fingerprint density at radius 2 is 1.97 bits per heavy atom. The molecule has 150 valence electrons. The Kier molecular flexibility index (Phi) is 6.84. The molecule has 0 fully saturated rings. The molecule has 0 spiro atoms. The molecule has 2 aromatic carbocycles. The lowest BCUT2D eigenvalue weighted by molar-refractivity contribution is -0.116. The van der Waals surface area contributed by atoms with Crippen LogP contribution in [0.25, 0.3) is 10.9 Å². The van der Waals surface area contributed by atoms with E-state index in [-0.39, 0.29) is 5.91 Å². The number of aryl methyl sites for hydroxylation is 1. The molecule has 1 heterocycles. The molecule has 0 atom stereocenters. The van der Waals surface area contributed by atoms with Gasteiger partial charge in [0.2, 0.25) is 5.91 Å². The van der Waals surface area contributed by atoms with E-state index in [1.165, 1.54) is 0 Å². The van der Waals surface area contributed by atoms with Crippen molar-refractivity contribution in [3.8, 4) is 17.6 Å². The molecule has 0 unspecified atom stereocenters. The van der Waals surface area contributed by atoms with Crippen molar-refractivity contribution in [2.24, 2.45) is 0 Å². The summed E-state index contributed by atoms with van der Waals surface area (Å²) in [4.78, 5) is 11.8. The lowest BCUT2D eigenvalue weighted by atomic mass is 10.2. The van der Waals surface area contributed by atoms with E-state index in [1.807, 2.05) is 42.5 Å². The molecule has 29 heavy (non-hydrogen) atoms. The van der Waals surface area contributed by atoms with Crippen LogP contribution >= 0.6 is 15.9 Å². The Morgan fingerprint density at radius 1 is 1.21 bits per heavy atom. The van der Waals surface area contributed by atoms with Gasteiger partial charge in [-0.15, -0.1) is 0 Å². The number of ether oxygens (including phenoxy) is 1. The molecular formula is C23H24BrN3O2. The summed E-state index contributed by atoms with van der Waals surface area (Å²) >= 11 is 3.33. The lowest BCUT2D eigenvalue weighted by Gasteiger charge is -2.05. The van der Waals surface area contributed by atoms with Gasteiger partial charge in [-0.25, -0.2) is 0 Å². The fourth-order valence-corrected chi connectivity index (χ4v) is 3.45. The van der Waals surface area contributed by atoms with Crippen molar-refractivity contribution in [2.75, 3.05) is 23.5 Å². The van der Waals surface area contributed by atoms with Crippen LogP contribution in [-0.4, -0.2) is 22.9 Å². The van der Waals surface area contributed by atoms with Crippen molar-refractivity contribution < 1.29 is 9.53 Å². The minimum absolute atomic E-state index is 0.0129. The topological polar surface area (TPSA) is 69.3 Å². The Morgan fingerprint density at radius 3 is 2.62 bits per heavy atom. The molecule has 1 amide bonds. The largest absolute Gasteiger partial charge is 0.497 e. The maximum absolute atomic E-state index is 11.8. The summed E-state index contributed by atoms with van der Waals surface area (Å²) in [5.74, 6) is 7.20. The summed E-state index contributed by atoms with van der Waals surface area (Å²) in [6.07, 6.45) is 1.31. The average molecular weight is 454 g/mol. The van der Waals surface area contributed by atoms with Crippen molar-refractivity contribution in [1.82, 2.24) is 4.57 Å². The van der Waals surface area contributed by atoms with Crippen molar-refractivity contribution in [1.29, 1.82) is 0 Å². The van der Waals surface area contributed by atoms with Crippen LogP contribution in [0.4, 0.5) is 11.4 Å². The molecule has 0 bridgehead atoms. The Bertz CT molecular complexity index is 1080. The highest BCUT2D eigenvalue weighted by Gasteiger charge is 2.13. The van der Waals surface area contributed by atoms with Gasteiger partial charge in [0.15, 0.2) is 0 Å². The predicted molar refractivity (Wildman–Crippen MR) is 123 cm³/mol. The summed E-state index contributed by atoms with van der Waals surface area (Å²) in [5.41, 5.74) is 10.5.